The number of ether oxygens (including phenoxy) is 2. The van der Waals surface area contributed by atoms with Gasteiger partial charge in [0, 0.05) is 10.5 Å². The van der Waals surface area contributed by atoms with Crippen LogP contribution in [-0.4, -0.2) is 18.7 Å². The Labute approximate surface area is 129 Å². The second-order valence-corrected chi connectivity index (χ2v) is 5.79. The lowest BCUT2D eigenvalue weighted by atomic mass is 10.0. The highest BCUT2D eigenvalue weighted by atomic mass is 79.9. The zero-order valence-corrected chi connectivity index (χ0v) is 13.3. The van der Waals surface area contributed by atoms with Crippen molar-refractivity contribution in [1.82, 2.24) is 0 Å². The summed E-state index contributed by atoms with van der Waals surface area (Å²) in [5, 5.41) is 0. The first-order valence-electron chi connectivity index (χ1n) is 6.26. The van der Waals surface area contributed by atoms with Gasteiger partial charge in [0.25, 0.3) is 0 Å². The molecular weight excluding hydrogens is 347 g/mol. The summed E-state index contributed by atoms with van der Waals surface area (Å²) in [5.74, 6) is 0.170. The van der Waals surface area contributed by atoms with Gasteiger partial charge in [-0.1, -0.05) is 15.9 Å². The molecule has 2 rings (SSSR count). The van der Waals surface area contributed by atoms with Crippen LogP contribution in [0.2, 0.25) is 0 Å². The number of esters is 1. The molecule has 108 valence electrons. The molecule has 0 spiro atoms. The van der Waals surface area contributed by atoms with Crippen molar-refractivity contribution in [3.63, 3.8) is 0 Å². The molecule has 20 heavy (non-hydrogen) atoms. The maximum atomic E-state index is 13.0. The van der Waals surface area contributed by atoms with E-state index in [0.29, 0.717) is 17.3 Å². The molecule has 1 aromatic carbocycles. The van der Waals surface area contributed by atoms with Crippen LogP contribution in [0.4, 0.5) is 3.89 Å². The van der Waals surface area contributed by atoms with Crippen molar-refractivity contribution in [1.29, 1.82) is 0 Å². The molecule has 1 aromatic rings. The number of fused-ring (bicyclic) bond motifs is 1. The summed E-state index contributed by atoms with van der Waals surface area (Å²) < 4.78 is 24.4. The van der Waals surface area contributed by atoms with Gasteiger partial charge in [-0.15, -0.1) is 0 Å². The van der Waals surface area contributed by atoms with E-state index in [1.807, 2.05) is 6.07 Å². The van der Waals surface area contributed by atoms with Gasteiger partial charge in [-0.3, -0.25) is 0 Å². The van der Waals surface area contributed by atoms with Crippen LogP contribution in [0.3, 0.4) is 0 Å². The van der Waals surface area contributed by atoms with Crippen molar-refractivity contribution in [2.75, 3.05) is 6.61 Å². The summed E-state index contributed by atoms with van der Waals surface area (Å²) >= 11 is 3.51. The second-order valence-electron chi connectivity index (χ2n) is 4.28. The zero-order valence-electron chi connectivity index (χ0n) is 10.9. The van der Waals surface area contributed by atoms with Crippen LogP contribution < -0.4 is 4.74 Å². The number of carbonyl (C=O) groups excluding carboxylic acids is 1. The van der Waals surface area contributed by atoms with Crippen LogP contribution in [0.15, 0.2) is 33.7 Å². The Balaban J connectivity index is 2.12. The molecule has 0 saturated heterocycles. The summed E-state index contributed by atoms with van der Waals surface area (Å²) in [6, 6.07) is 3.61. The van der Waals surface area contributed by atoms with Gasteiger partial charge in [0.05, 0.1) is 23.7 Å². The number of rotatable bonds is 4. The number of hydrogen-bond donors (Lipinski definition) is 0. The van der Waals surface area contributed by atoms with Gasteiger partial charge in [-0.05, 0) is 43.5 Å². The Morgan fingerprint density at radius 1 is 1.65 bits per heavy atom. The molecule has 0 aliphatic carbocycles. The second kappa shape index (κ2) is 7.13. The van der Waals surface area contributed by atoms with Gasteiger partial charge >= 0.3 is 5.97 Å². The molecule has 0 fully saturated rings. The lowest BCUT2D eigenvalue weighted by Crippen LogP contribution is -2.21. The molecule has 1 aliphatic rings. The molecule has 0 saturated carbocycles. The Hall–Kier alpha value is -1.01. The monoisotopic (exact) mass is 360 g/mol. The molecule has 1 aliphatic heterocycles. The van der Waals surface area contributed by atoms with Gasteiger partial charge in [0.1, 0.15) is 11.9 Å². The van der Waals surface area contributed by atoms with Crippen LogP contribution >= 0.6 is 28.1 Å². The summed E-state index contributed by atoms with van der Waals surface area (Å²) in [6.45, 7) is 2.09. The smallest absolute Gasteiger partial charge is 0.330 e. The maximum Gasteiger partial charge on any atom is 0.330 e. The number of aryl methyl sites for hydroxylation is 1. The molecule has 1 atom stereocenters. The minimum absolute atomic E-state index is 0.161. The predicted molar refractivity (Wildman–Crippen MR) is 79.6 cm³/mol. The number of halogens is 2. The van der Waals surface area contributed by atoms with E-state index in [4.69, 9.17) is 9.47 Å². The summed E-state index contributed by atoms with van der Waals surface area (Å²) in [6.07, 6.45) is 4.31. The predicted octanol–water partition coefficient (Wildman–Crippen LogP) is 4.24. The Morgan fingerprint density at radius 3 is 3.15 bits per heavy atom. The highest BCUT2D eigenvalue weighted by Crippen LogP contribution is 2.40. The fraction of sp³-hybridized carbons (Fsp3) is 0.357. The maximum absolute atomic E-state index is 13.0. The van der Waals surface area contributed by atoms with Crippen LogP contribution in [0.5, 0.6) is 5.75 Å². The largest absolute Gasteiger partial charge is 0.485 e. The van der Waals surface area contributed by atoms with Crippen molar-refractivity contribution in [3.05, 3.63) is 34.3 Å². The minimum Gasteiger partial charge on any atom is -0.485 e. The fourth-order valence-electron chi connectivity index (χ4n) is 2.02. The van der Waals surface area contributed by atoms with Gasteiger partial charge in [-0.2, -0.15) is 3.89 Å². The van der Waals surface area contributed by atoms with E-state index < -0.39 is 5.97 Å². The van der Waals surface area contributed by atoms with Crippen LogP contribution in [0, 0.1) is 0 Å². The summed E-state index contributed by atoms with van der Waals surface area (Å²) in [4.78, 5) is 11.7. The molecule has 6 heteroatoms. The quantitative estimate of drug-likeness (QED) is 0.594. The van der Waals surface area contributed by atoms with Crippen molar-refractivity contribution >= 4 is 34.0 Å². The highest BCUT2D eigenvalue weighted by molar-refractivity contribution is 9.10. The lowest BCUT2D eigenvalue weighted by molar-refractivity contribution is -0.137. The first kappa shape index (κ1) is 15.4. The van der Waals surface area contributed by atoms with Gasteiger partial charge < -0.3 is 9.47 Å². The van der Waals surface area contributed by atoms with Crippen molar-refractivity contribution < 1.29 is 18.2 Å². The number of hydrogen-bond acceptors (Lipinski definition) is 4. The molecular formula is C14H14BrFO3S. The van der Waals surface area contributed by atoms with E-state index in [0.717, 1.165) is 22.9 Å². The molecule has 3 nitrogen and oxygen atoms in total. The molecule has 1 heterocycles. The Kier molecular flexibility index (Phi) is 5.48. The number of carbonyl (C=O) groups is 1. The SMILES string of the molecule is CCOC(=O)/C=C/C1CCc2cc(Br)cc(SF)c2O1. The first-order valence-corrected chi connectivity index (χ1v) is 7.77. The van der Waals surface area contributed by atoms with E-state index in [9.17, 15) is 8.68 Å². The first-order chi connectivity index (χ1) is 9.63. The highest BCUT2D eigenvalue weighted by Gasteiger charge is 2.22. The molecule has 0 amide bonds. The third-order valence-electron chi connectivity index (χ3n) is 2.88. The molecule has 0 radical (unpaired) electrons. The Morgan fingerprint density at radius 2 is 2.45 bits per heavy atom. The topological polar surface area (TPSA) is 35.5 Å². The number of benzene rings is 1. The lowest BCUT2D eigenvalue weighted by Gasteiger charge is -2.25. The van der Waals surface area contributed by atoms with E-state index >= 15 is 0 Å². The van der Waals surface area contributed by atoms with Gasteiger partial charge in [-0.25, -0.2) is 4.79 Å². The van der Waals surface area contributed by atoms with Gasteiger partial charge in [0.2, 0.25) is 0 Å². The average Bonchev–Trinajstić information content (AvgIpc) is 2.44. The average molecular weight is 361 g/mol. The summed E-state index contributed by atoms with van der Waals surface area (Å²) in [7, 11) is 0. The molecule has 0 aromatic heterocycles. The fourth-order valence-corrected chi connectivity index (χ4v) is 3.10. The molecule has 0 N–H and O–H groups in total. The van der Waals surface area contributed by atoms with E-state index in [2.05, 4.69) is 15.9 Å². The van der Waals surface area contributed by atoms with E-state index in [1.165, 1.54) is 6.08 Å². The standard InChI is InChI=1S/C14H14BrFO3S/c1-2-18-13(17)6-5-11-4-3-9-7-10(15)8-12(20-16)14(9)19-11/h5-8,11H,2-4H2,1H3/b6-5+. The van der Waals surface area contributed by atoms with Crippen molar-refractivity contribution in [2.45, 2.75) is 30.8 Å². The van der Waals surface area contributed by atoms with Crippen LogP contribution in [0.1, 0.15) is 18.9 Å². The molecule has 1 unspecified atom stereocenters. The van der Waals surface area contributed by atoms with E-state index in [-0.39, 0.29) is 18.3 Å². The van der Waals surface area contributed by atoms with Gasteiger partial charge in [0.15, 0.2) is 0 Å². The normalized spacial score (nSPS) is 17.6. The zero-order chi connectivity index (χ0) is 14.5. The van der Waals surface area contributed by atoms with Crippen LogP contribution in [-0.2, 0) is 16.0 Å². The molecule has 0 bridgehead atoms. The minimum atomic E-state index is -0.391. The van der Waals surface area contributed by atoms with Crippen molar-refractivity contribution in [2.24, 2.45) is 0 Å². The van der Waals surface area contributed by atoms with E-state index in [1.54, 1.807) is 19.1 Å². The third-order valence-corrected chi connectivity index (χ3v) is 3.81. The van der Waals surface area contributed by atoms with Crippen molar-refractivity contribution in [3.8, 4) is 5.75 Å². The summed E-state index contributed by atoms with van der Waals surface area (Å²) in [5.41, 5.74) is 0.973. The van der Waals surface area contributed by atoms with Crippen LogP contribution in [0.25, 0.3) is 0 Å². The Bertz CT molecular complexity index is 516. The third kappa shape index (κ3) is 3.76.